The number of nitrogens with one attached hydrogen (secondary N) is 1. The number of H-pyrrole nitrogens is 1. The van der Waals surface area contributed by atoms with E-state index in [9.17, 15) is 14.7 Å². The topological polar surface area (TPSA) is 105 Å². The minimum atomic E-state index is -0.938. The van der Waals surface area contributed by atoms with Crippen LogP contribution in [-0.4, -0.2) is 41.0 Å². The highest BCUT2D eigenvalue weighted by molar-refractivity contribution is 9.10. The van der Waals surface area contributed by atoms with Gasteiger partial charge >= 0.3 is 5.91 Å². The van der Waals surface area contributed by atoms with E-state index in [4.69, 9.17) is 9.47 Å². The van der Waals surface area contributed by atoms with Crippen LogP contribution in [0.3, 0.4) is 0 Å². The monoisotopic (exact) mass is 547 g/mol. The molecule has 2 heterocycles. The van der Waals surface area contributed by atoms with Crippen molar-refractivity contribution in [3.05, 3.63) is 87.4 Å². The number of carbonyl (C=O) groups excluding carboxylic acids is 2. The molecule has 1 aromatic heterocycles. The lowest BCUT2D eigenvalue weighted by Crippen LogP contribution is -2.30. The second-order valence-electron chi connectivity index (χ2n) is 8.35. The van der Waals surface area contributed by atoms with Gasteiger partial charge in [-0.15, -0.1) is 0 Å². The molecule has 4 aromatic rings. The molecule has 9 heteroatoms. The van der Waals surface area contributed by atoms with Gasteiger partial charge in [-0.2, -0.15) is 0 Å². The molecule has 1 fully saturated rings. The molecule has 0 radical (unpaired) electrons. The molecule has 0 bridgehead atoms. The Hall–Kier alpha value is -4.11. The number of Topliss-reactive ketones (excluding diaryl/α,β-unsaturated/α-hetero) is 1. The predicted octanol–water partition coefficient (Wildman–Crippen LogP) is 5.28. The van der Waals surface area contributed by atoms with Gasteiger partial charge in [0.25, 0.3) is 5.78 Å². The van der Waals surface area contributed by atoms with Crippen LogP contribution in [0.25, 0.3) is 16.8 Å². The summed E-state index contributed by atoms with van der Waals surface area (Å²) in [5.74, 6) is -0.527. The molecule has 1 aliphatic rings. The van der Waals surface area contributed by atoms with Crippen molar-refractivity contribution in [1.82, 2.24) is 9.97 Å². The number of imidazole rings is 1. The zero-order valence-electron chi connectivity index (χ0n) is 19.7. The van der Waals surface area contributed by atoms with Crippen molar-refractivity contribution in [2.24, 2.45) is 0 Å². The number of hydrogen-bond donors (Lipinski definition) is 2. The number of halogens is 1. The van der Waals surface area contributed by atoms with E-state index >= 15 is 0 Å². The van der Waals surface area contributed by atoms with E-state index in [1.165, 1.54) is 12.0 Å². The summed E-state index contributed by atoms with van der Waals surface area (Å²) in [7, 11) is 3.09. The van der Waals surface area contributed by atoms with E-state index in [0.29, 0.717) is 33.7 Å². The van der Waals surface area contributed by atoms with Crippen LogP contribution in [0.4, 0.5) is 5.95 Å². The number of aromatic amines is 1. The Balaban J connectivity index is 1.73. The summed E-state index contributed by atoms with van der Waals surface area (Å²) in [4.78, 5) is 35.8. The molecule has 0 aliphatic carbocycles. The van der Waals surface area contributed by atoms with Gasteiger partial charge in [0.1, 0.15) is 17.3 Å². The Morgan fingerprint density at radius 3 is 2.50 bits per heavy atom. The third-order valence-corrected chi connectivity index (χ3v) is 7.08. The highest BCUT2D eigenvalue weighted by atomic mass is 79.9. The molecule has 1 atom stereocenters. The molecule has 0 saturated carbocycles. The Labute approximate surface area is 215 Å². The quantitative estimate of drug-likeness (QED) is 0.200. The van der Waals surface area contributed by atoms with Gasteiger partial charge in [-0.25, -0.2) is 4.98 Å². The molecule has 182 valence electrons. The first kappa shape index (κ1) is 23.6. The van der Waals surface area contributed by atoms with Gasteiger partial charge < -0.3 is 19.6 Å². The minimum absolute atomic E-state index is 0.0342. The average Bonchev–Trinajstić information content (AvgIpc) is 3.42. The van der Waals surface area contributed by atoms with Gasteiger partial charge in [0.15, 0.2) is 0 Å². The highest BCUT2D eigenvalue weighted by Crippen LogP contribution is 2.42. The van der Waals surface area contributed by atoms with Crippen LogP contribution in [-0.2, 0) is 9.59 Å². The van der Waals surface area contributed by atoms with Gasteiger partial charge in [-0.3, -0.25) is 14.5 Å². The highest BCUT2D eigenvalue weighted by Gasteiger charge is 2.48. The Kier molecular flexibility index (Phi) is 6.01. The number of fused-ring (bicyclic) bond motifs is 1. The van der Waals surface area contributed by atoms with E-state index < -0.39 is 17.7 Å². The maximum atomic E-state index is 13.4. The number of aryl methyl sites for hydroxylation is 1. The lowest BCUT2D eigenvalue weighted by molar-refractivity contribution is -0.132. The largest absolute Gasteiger partial charge is 0.507 e. The van der Waals surface area contributed by atoms with E-state index in [1.807, 2.05) is 6.92 Å². The Morgan fingerprint density at radius 2 is 1.78 bits per heavy atom. The van der Waals surface area contributed by atoms with Gasteiger partial charge in [0, 0.05) is 16.1 Å². The predicted molar refractivity (Wildman–Crippen MR) is 139 cm³/mol. The smallest absolute Gasteiger partial charge is 0.302 e. The fourth-order valence-electron chi connectivity index (χ4n) is 4.34. The van der Waals surface area contributed by atoms with E-state index in [2.05, 4.69) is 25.9 Å². The Morgan fingerprint density at radius 1 is 1.03 bits per heavy atom. The molecule has 1 aliphatic heterocycles. The van der Waals surface area contributed by atoms with Gasteiger partial charge in [0.05, 0.1) is 36.9 Å². The number of methoxy groups -OCH3 is 2. The lowest BCUT2D eigenvalue weighted by Gasteiger charge is -2.23. The normalized spacial score (nSPS) is 17.1. The van der Waals surface area contributed by atoms with Crippen LogP contribution < -0.4 is 14.4 Å². The number of aromatic nitrogens is 2. The van der Waals surface area contributed by atoms with Crippen LogP contribution in [0.1, 0.15) is 22.7 Å². The minimum Gasteiger partial charge on any atom is -0.507 e. The second kappa shape index (κ2) is 9.16. The average molecular weight is 548 g/mol. The molecule has 3 aromatic carbocycles. The summed E-state index contributed by atoms with van der Waals surface area (Å²) in [6.07, 6.45) is 0. The molecule has 36 heavy (non-hydrogen) atoms. The summed E-state index contributed by atoms with van der Waals surface area (Å²) in [5.41, 5.74) is 3.09. The number of rotatable bonds is 5. The molecule has 1 unspecified atom stereocenters. The fourth-order valence-corrected chi connectivity index (χ4v) is 4.59. The van der Waals surface area contributed by atoms with Gasteiger partial charge in [-0.05, 0) is 54.4 Å². The third-order valence-electron chi connectivity index (χ3n) is 6.19. The molecule has 5 rings (SSSR count). The number of aliphatic hydroxyl groups excluding tert-OH is 1. The van der Waals surface area contributed by atoms with E-state index in [-0.39, 0.29) is 17.3 Å². The number of carbonyl (C=O) groups is 2. The second-order valence-corrected chi connectivity index (χ2v) is 9.21. The first-order valence-corrected chi connectivity index (χ1v) is 11.9. The number of anilines is 1. The van der Waals surface area contributed by atoms with Crippen LogP contribution in [0.5, 0.6) is 11.5 Å². The molecular formula is C27H22BrN3O5. The van der Waals surface area contributed by atoms with Crippen LogP contribution in [0.2, 0.25) is 0 Å². The third kappa shape index (κ3) is 3.91. The first-order valence-electron chi connectivity index (χ1n) is 11.1. The summed E-state index contributed by atoms with van der Waals surface area (Å²) in [6, 6.07) is 16.6. The summed E-state index contributed by atoms with van der Waals surface area (Å²) in [6.45, 7) is 1.88. The zero-order valence-corrected chi connectivity index (χ0v) is 21.3. The number of amides is 1. The number of aliphatic hydroxyl groups is 1. The SMILES string of the molecule is COc1cccc(C2/C(=C(\O)c3ccc(Br)c(C)c3)C(=O)C(=O)N2c2nc3ccc(OC)cc3[nH]2)c1. The van der Waals surface area contributed by atoms with Crippen LogP contribution in [0, 0.1) is 6.92 Å². The van der Waals surface area contributed by atoms with Gasteiger partial charge in [-0.1, -0.05) is 34.1 Å². The van der Waals surface area contributed by atoms with Crippen molar-refractivity contribution in [3.63, 3.8) is 0 Å². The Bertz CT molecular complexity index is 1560. The standard InChI is InChI=1S/C27H22BrN3O5/c1-14-11-16(7-9-19(14)28)24(32)22-23(15-5-4-6-17(12-15)35-2)31(26(34)25(22)33)27-29-20-10-8-18(36-3)13-21(20)30-27/h4-13,23,32H,1-3H3,(H,29,30)/b24-22+. The molecular weight excluding hydrogens is 526 g/mol. The van der Waals surface area contributed by atoms with Crippen molar-refractivity contribution in [2.45, 2.75) is 13.0 Å². The molecule has 1 amide bonds. The summed E-state index contributed by atoms with van der Waals surface area (Å²) in [5, 5.41) is 11.3. The number of nitrogens with zero attached hydrogens (tertiary/aromatic N) is 2. The summed E-state index contributed by atoms with van der Waals surface area (Å²) >= 11 is 3.45. The molecule has 2 N–H and O–H groups in total. The molecule has 8 nitrogen and oxygen atoms in total. The lowest BCUT2D eigenvalue weighted by atomic mass is 9.95. The van der Waals surface area contributed by atoms with Crippen LogP contribution in [0.15, 0.2) is 70.7 Å². The maximum Gasteiger partial charge on any atom is 0.302 e. The first-order chi connectivity index (χ1) is 17.3. The summed E-state index contributed by atoms with van der Waals surface area (Å²) < 4.78 is 11.5. The van der Waals surface area contributed by atoms with Crippen molar-refractivity contribution in [2.75, 3.05) is 19.1 Å². The van der Waals surface area contributed by atoms with Gasteiger partial charge in [0.2, 0.25) is 5.95 Å². The van der Waals surface area contributed by atoms with Crippen molar-refractivity contribution >= 4 is 50.4 Å². The van der Waals surface area contributed by atoms with Crippen molar-refractivity contribution < 1.29 is 24.2 Å². The molecule has 0 spiro atoms. The fraction of sp³-hybridized carbons (Fsp3) is 0.148. The van der Waals surface area contributed by atoms with Crippen molar-refractivity contribution in [1.29, 1.82) is 0 Å². The van der Waals surface area contributed by atoms with E-state index in [1.54, 1.807) is 67.8 Å². The number of ether oxygens (including phenoxy) is 2. The number of hydrogen-bond acceptors (Lipinski definition) is 6. The number of ketones is 1. The maximum absolute atomic E-state index is 13.4. The zero-order chi connectivity index (χ0) is 25.6. The van der Waals surface area contributed by atoms with Crippen LogP contribution >= 0.6 is 15.9 Å². The van der Waals surface area contributed by atoms with E-state index in [0.717, 1.165) is 10.0 Å². The van der Waals surface area contributed by atoms with Crippen molar-refractivity contribution in [3.8, 4) is 11.5 Å². The molecule has 1 saturated heterocycles. The number of benzene rings is 3.